The first-order chi connectivity index (χ1) is 7.72. The van der Waals surface area contributed by atoms with Gasteiger partial charge >= 0.3 is 0 Å². The summed E-state index contributed by atoms with van der Waals surface area (Å²) >= 11 is 5.09. The van der Waals surface area contributed by atoms with E-state index in [0.29, 0.717) is 11.0 Å². The fraction of sp³-hybridized carbons (Fsp3) is 0.333. The van der Waals surface area contributed by atoms with Crippen LogP contribution in [-0.4, -0.2) is 11.3 Å². The maximum absolute atomic E-state index is 5.09. The molecule has 0 aliphatic carbocycles. The Morgan fingerprint density at radius 1 is 1.44 bits per heavy atom. The Labute approximate surface area is 102 Å². The molecule has 0 amide bonds. The summed E-state index contributed by atoms with van der Waals surface area (Å²) in [6.07, 6.45) is 2.93. The minimum Gasteiger partial charge on any atom is -0.331 e. The van der Waals surface area contributed by atoms with Gasteiger partial charge in [0.25, 0.3) is 0 Å². The number of thiocarbonyl (C=S) groups is 1. The van der Waals surface area contributed by atoms with Gasteiger partial charge in [-0.3, -0.25) is 5.43 Å². The van der Waals surface area contributed by atoms with Crippen LogP contribution in [0.5, 0.6) is 0 Å². The van der Waals surface area contributed by atoms with Crippen molar-refractivity contribution in [3.63, 3.8) is 0 Å². The van der Waals surface area contributed by atoms with Crippen molar-refractivity contribution in [1.29, 1.82) is 0 Å². The lowest BCUT2D eigenvalue weighted by Gasteiger charge is -2.06. The summed E-state index contributed by atoms with van der Waals surface area (Å²) in [5, 5.41) is 7.61. The van der Waals surface area contributed by atoms with Crippen molar-refractivity contribution in [2.45, 2.75) is 20.3 Å². The number of benzene rings is 1. The number of nitrogens with one attached hydrogen (secondary N) is 2. The average Bonchev–Trinajstić information content (AvgIpc) is 2.30. The van der Waals surface area contributed by atoms with Crippen LogP contribution in [0.1, 0.15) is 20.3 Å². The molecule has 1 rings (SSSR count). The van der Waals surface area contributed by atoms with Gasteiger partial charge in [-0.15, -0.1) is 0 Å². The maximum atomic E-state index is 5.09. The fourth-order valence-electron chi connectivity index (χ4n) is 1.01. The minimum atomic E-state index is 0.465. The van der Waals surface area contributed by atoms with Crippen LogP contribution < -0.4 is 10.7 Å². The highest BCUT2D eigenvalue weighted by molar-refractivity contribution is 7.80. The third kappa shape index (κ3) is 4.89. The third-order valence-corrected chi connectivity index (χ3v) is 2.36. The molecule has 0 aliphatic rings. The van der Waals surface area contributed by atoms with Gasteiger partial charge in [0.15, 0.2) is 5.11 Å². The van der Waals surface area contributed by atoms with E-state index in [0.717, 1.165) is 12.1 Å². The van der Waals surface area contributed by atoms with Crippen molar-refractivity contribution in [3.8, 4) is 0 Å². The quantitative estimate of drug-likeness (QED) is 0.478. The van der Waals surface area contributed by atoms with Gasteiger partial charge < -0.3 is 5.32 Å². The Morgan fingerprint density at radius 3 is 2.75 bits per heavy atom. The molecule has 0 saturated carbocycles. The van der Waals surface area contributed by atoms with Gasteiger partial charge in [0.2, 0.25) is 0 Å². The van der Waals surface area contributed by atoms with Crippen molar-refractivity contribution in [3.05, 3.63) is 30.3 Å². The number of hydrogen-bond acceptors (Lipinski definition) is 2. The summed E-state index contributed by atoms with van der Waals surface area (Å²) in [4.78, 5) is 0. The number of rotatable bonds is 4. The van der Waals surface area contributed by atoms with E-state index in [1.807, 2.05) is 36.5 Å². The summed E-state index contributed by atoms with van der Waals surface area (Å²) in [6, 6.07) is 9.77. The smallest absolute Gasteiger partial charge is 0.191 e. The molecule has 0 heterocycles. The summed E-state index contributed by atoms with van der Waals surface area (Å²) < 4.78 is 0. The molecule has 1 unspecified atom stereocenters. The first kappa shape index (κ1) is 12.6. The van der Waals surface area contributed by atoms with Crippen molar-refractivity contribution >= 4 is 29.2 Å². The highest BCUT2D eigenvalue weighted by Crippen LogP contribution is 2.04. The second-order valence-electron chi connectivity index (χ2n) is 3.60. The van der Waals surface area contributed by atoms with Crippen molar-refractivity contribution in [2.75, 3.05) is 5.32 Å². The molecule has 0 aliphatic heterocycles. The monoisotopic (exact) mass is 235 g/mol. The van der Waals surface area contributed by atoms with Crippen molar-refractivity contribution in [2.24, 2.45) is 11.0 Å². The van der Waals surface area contributed by atoms with E-state index in [1.54, 1.807) is 0 Å². The van der Waals surface area contributed by atoms with Gasteiger partial charge in [0, 0.05) is 11.9 Å². The zero-order valence-corrected chi connectivity index (χ0v) is 10.4. The normalized spacial score (nSPS) is 12.4. The number of hydrazone groups is 1. The fourth-order valence-corrected chi connectivity index (χ4v) is 1.18. The van der Waals surface area contributed by atoms with E-state index >= 15 is 0 Å². The molecule has 0 radical (unpaired) electrons. The van der Waals surface area contributed by atoms with Gasteiger partial charge in [-0.05, 0) is 36.7 Å². The Hall–Kier alpha value is -1.42. The van der Waals surface area contributed by atoms with Crippen LogP contribution in [0.25, 0.3) is 0 Å². The first-order valence-corrected chi connectivity index (χ1v) is 5.78. The molecule has 0 spiro atoms. The number of anilines is 1. The van der Waals surface area contributed by atoms with Gasteiger partial charge in [-0.2, -0.15) is 5.10 Å². The Kier molecular flexibility index (Phi) is 5.50. The lowest BCUT2D eigenvalue weighted by Crippen LogP contribution is -2.24. The minimum absolute atomic E-state index is 0.465. The lowest BCUT2D eigenvalue weighted by atomic mass is 10.1. The van der Waals surface area contributed by atoms with E-state index in [4.69, 9.17) is 12.2 Å². The average molecular weight is 235 g/mol. The zero-order valence-electron chi connectivity index (χ0n) is 9.60. The number of nitrogens with zero attached hydrogens (tertiary/aromatic N) is 1. The van der Waals surface area contributed by atoms with E-state index < -0.39 is 0 Å². The topological polar surface area (TPSA) is 36.4 Å². The van der Waals surface area contributed by atoms with Gasteiger partial charge in [-0.1, -0.05) is 32.0 Å². The molecule has 16 heavy (non-hydrogen) atoms. The summed E-state index contributed by atoms with van der Waals surface area (Å²) in [6.45, 7) is 4.23. The standard InChI is InChI=1S/C12H17N3S/c1-3-10(2)9-13-15-12(16)14-11-7-5-4-6-8-11/h4-10H,3H2,1-2H3,(H2,14,15,16)/b13-9+. The summed E-state index contributed by atoms with van der Waals surface area (Å²) in [5.74, 6) is 0.465. The predicted molar refractivity (Wildman–Crippen MR) is 73.7 cm³/mol. The molecule has 0 fully saturated rings. The van der Waals surface area contributed by atoms with E-state index in [-0.39, 0.29) is 0 Å². The molecule has 4 heteroatoms. The molecular formula is C12H17N3S. The van der Waals surface area contributed by atoms with E-state index in [1.165, 1.54) is 0 Å². The Balaban J connectivity index is 2.34. The largest absolute Gasteiger partial charge is 0.331 e. The van der Waals surface area contributed by atoms with E-state index in [9.17, 15) is 0 Å². The molecule has 1 atom stereocenters. The number of para-hydroxylation sites is 1. The van der Waals surface area contributed by atoms with Gasteiger partial charge in [0.05, 0.1) is 0 Å². The molecular weight excluding hydrogens is 218 g/mol. The summed E-state index contributed by atoms with van der Waals surface area (Å²) in [7, 11) is 0. The lowest BCUT2D eigenvalue weighted by molar-refractivity contribution is 0.748. The van der Waals surface area contributed by atoms with Crippen LogP contribution in [0.2, 0.25) is 0 Å². The van der Waals surface area contributed by atoms with Crippen molar-refractivity contribution < 1.29 is 0 Å². The predicted octanol–water partition coefficient (Wildman–Crippen LogP) is 3.00. The molecule has 0 saturated heterocycles. The Bertz CT molecular complexity index is 349. The van der Waals surface area contributed by atoms with Crippen LogP contribution in [-0.2, 0) is 0 Å². The van der Waals surface area contributed by atoms with Gasteiger partial charge in [0.1, 0.15) is 0 Å². The second-order valence-corrected chi connectivity index (χ2v) is 4.00. The highest BCUT2D eigenvalue weighted by atomic mass is 32.1. The Morgan fingerprint density at radius 2 is 2.12 bits per heavy atom. The molecule has 0 bridgehead atoms. The first-order valence-electron chi connectivity index (χ1n) is 5.37. The maximum Gasteiger partial charge on any atom is 0.191 e. The molecule has 1 aromatic rings. The molecule has 86 valence electrons. The van der Waals surface area contributed by atoms with Crippen LogP contribution in [0, 0.1) is 5.92 Å². The van der Waals surface area contributed by atoms with Crippen LogP contribution >= 0.6 is 12.2 Å². The third-order valence-electron chi connectivity index (χ3n) is 2.17. The zero-order chi connectivity index (χ0) is 11.8. The molecule has 2 N–H and O–H groups in total. The van der Waals surface area contributed by atoms with E-state index in [2.05, 4.69) is 29.7 Å². The SMILES string of the molecule is CCC(C)/C=N/NC(=S)Nc1ccccc1. The number of hydrogen-bond donors (Lipinski definition) is 2. The van der Waals surface area contributed by atoms with Crippen molar-refractivity contribution in [1.82, 2.24) is 5.43 Å². The highest BCUT2D eigenvalue weighted by Gasteiger charge is 1.95. The van der Waals surface area contributed by atoms with Crippen LogP contribution in [0.4, 0.5) is 5.69 Å². The van der Waals surface area contributed by atoms with Gasteiger partial charge in [-0.25, -0.2) is 0 Å². The molecule has 1 aromatic carbocycles. The molecule has 3 nitrogen and oxygen atoms in total. The second kappa shape index (κ2) is 6.95. The van der Waals surface area contributed by atoms with Crippen LogP contribution in [0.15, 0.2) is 35.4 Å². The van der Waals surface area contributed by atoms with Crippen LogP contribution in [0.3, 0.4) is 0 Å². The molecule has 0 aromatic heterocycles. The summed E-state index contributed by atoms with van der Waals surface area (Å²) in [5.41, 5.74) is 3.74.